The average molecular weight is 190 g/mol. The van der Waals surface area contributed by atoms with Crippen LogP contribution in [-0.4, -0.2) is 0 Å². The molecule has 0 aliphatic heterocycles. The number of allylic oxidation sites excluding steroid dienone is 7. The minimum absolute atomic E-state index is 1.14. The van der Waals surface area contributed by atoms with Crippen molar-refractivity contribution in [2.75, 3.05) is 0 Å². The summed E-state index contributed by atoms with van der Waals surface area (Å²) in [6, 6.07) is 0. The van der Waals surface area contributed by atoms with Gasteiger partial charge in [0.1, 0.15) is 0 Å². The van der Waals surface area contributed by atoms with Crippen molar-refractivity contribution in [1.82, 2.24) is 0 Å². The molecule has 0 spiro atoms. The second-order valence-electron chi connectivity index (χ2n) is 3.95. The van der Waals surface area contributed by atoms with E-state index in [2.05, 4.69) is 52.5 Å². The van der Waals surface area contributed by atoms with E-state index in [0.29, 0.717) is 0 Å². The lowest BCUT2D eigenvalue weighted by molar-refractivity contribution is 0.967. The Morgan fingerprint density at radius 2 is 1.71 bits per heavy atom. The summed E-state index contributed by atoms with van der Waals surface area (Å²) in [6.45, 7) is 12.2. The Morgan fingerprint density at radius 1 is 1.07 bits per heavy atom. The predicted molar refractivity (Wildman–Crippen MR) is 66.4 cm³/mol. The standard InChI is InChI=1S/C14H22/c1-6-13(4)10-11-14(5)9-7-8-12(2)3/h6,8,10-11H,1,7,9H2,2-5H3/b13-10+,14-11-. The van der Waals surface area contributed by atoms with Crippen molar-refractivity contribution in [2.24, 2.45) is 0 Å². The summed E-state index contributed by atoms with van der Waals surface area (Å²) in [6.07, 6.45) is 10.7. The van der Waals surface area contributed by atoms with Crippen LogP contribution < -0.4 is 0 Å². The molecule has 0 aromatic carbocycles. The second kappa shape index (κ2) is 7.37. The van der Waals surface area contributed by atoms with Gasteiger partial charge in [-0.15, -0.1) is 0 Å². The topological polar surface area (TPSA) is 0 Å². The smallest absolute Gasteiger partial charge is 0.0285 e. The lowest BCUT2D eigenvalue weighted by Crippen LogP contribution is -1.76. The third-order valence-corrected chi connectivity index (χ3v) is 2.04. The molecule has 78 valence electrons. The summed E-state index contributed by atoms with van der Waals surface area (Å²) >= 11 is 0. The maximum absolute atomic E-state index is 3.72. The molecule has 0 heteroatoms. The highest BCUT2D eigenvalue weighted by Gasteiger charge is 1.87. The largest absolute Gasteiger partial charge is 0.0988 e. The van der Waals surface area contributed by atoms with Gasteiger partial charge in [0, 0.05) is 0 Å². The van der Waals surface area contributed by atoms with Gasteiger partial charge in [-0.25, -0.2) is 0 Å². The van der Waals surface area contributed by atoms with Gasteiger partial charge in [0.15, 0.2) is 0 Å². The molecule has 0 radical (unpaired) electrons. The average Bonchev–Trinajstić information content (AvgIpc) is 2.13. The fourth-order valence-electron chi connectivity index (χ4n) is 1.01. The van der Waals surface area contributed by atoms with Crippen LogP contribution in [0.25, 0.3) is 0 Å². The van der Waals surface area contributed by atoms with Gasteiger partial charge < -0.3 is 0 Å². The Hall–Kier alpha value is -1.04. The second-order valence-corrected chi connectivity index (χ2v) is 3.95. The normalized spacial score (nSPS) is 12.6. The molecule has 0 heterocycles. The zero-order chi connectivity index (χ0) is 11.0. The first-order valence-electron chi connectivity index (χ1n) is 5.16. The van der Waals surface area contributed by atoms with Gasteiger partial charge in [0.25, 0.3) is 0 Å². The van der Waals surface area contributed by atoms with Crippen LogP contribution >= 0.6 is 0 Å². The third-order valence-electron chi connectivity index (χ3n) is 2.04. The highest BCUT2D eigenvalue weighted by Crippen LogP contribution is 2.07. The molecule has 0 atom stereocenters. The van der Waals surface area contributed by atoms with Crippen molar-refractivity contribution in [3.63, 3.8) is 0 Å². The van der Waals surface area contributed by atoms with Crippen LogP contribution in [0.15, 0.2) is 47.6 Å². The van der Waals surface area contributed by atoms with Crippen LogP contribution in [0.3, 0.4) is 0 Å². The minimum atomic E-state index is 1.14. The summed E-state index contributed by atoms with van der Waals surface area (Å²) in [7, 11) is 0. The molecule has 0 bridgehead atoms. The molecule has 0 nitrogen and oxygen atoms in total. The Morgan fingerprint density at radius 3 is 2.21 bits per heavy atom. The molecule has 0 amide bonds. The first-order chi connectivity index (χ1) is 6.56. The van der Waals surface area contributed by atoms with Gasteiger partial charge in [-0.05, 0) is 40.5 Å². The van der Waals surface area contributed by atoms with Crippen molar-refractivity contribution in [3.05, 3.63) is 47.6 Å². The molecular weight excluding hydrogens is 168 g/mol. The fraction of sp³-hybridized carbons (Fsp3) is 0.429. The van der Waals surface area contributed by atoms with Crippen molar-refractivity contribution < 1.29 is 0 Å². The highest BCUT2D eigenvalue weighted by atomic mass is 13.9. The SMILES string of the molecule is C=C/C(C)=C/C=C(/C)CCC=C(C)C. The molecule has 0 rings (SSSR count). The van der Waals surface area contributed by atoms with Crippen LogP contribution in [0.2, 0.25) is 0 Å². The molecule has 0 saturated heterocycles. The fourth-order valence-corrected chi connectivity index (χ4v) is 1.01. The molecule has 14 heavy (non-hydrogen) atoms. The molecule has 0 aliphatic rings. The third kappa shape index (κ3) is 7.60. The molecule has 0 fully saturated rings. The Bertz CT molecular complexity index is 258. The summed E-state index contributed by atoms with van der Waals surface area (Å²) in [5, 5.41) is 0. The summed E-state index contributed by atoms with van der Waals surface area (Å²) in [4.78, 5) is 0. The van der Waals surface area contributed by atoms with Crippen LogP contribution in [-0.2, 0) is 0 Å². The molecule has 0 aromatic rings. The van der Waals surface area contributed by atoms with Gasteiger partial charge >= 0.3 is 0 Å². The van der Waals surface area contributed by atoms with Crippen LogP contribution in [0.1, 0.15) is 40.5 Å². The Kier molecular flexibility index (Phi) is 6.82. The monoisotopic (exact) mass is 190 g/mol. The summed E-state index contributed by atoms with van der Waals surface area (Å²) in [5.74, 6) is 0. The van der Waals surface area contributed by atoms with Gasteiger partial charge in [-0.1, -0.05) is 47.6 Å². The lowest BCUT2D eigenvalue weighted by Gasteiger charge is -1.97. The van der Waals surface area contributed by atoms with Gasteiger partial charge in [-0.2, -0.15) is 0 Å². The summed E-state index contributed by atoms with van der Waals surface area (Å²) in [5.41, 5.74) is 4.03. The van der Waals surface area contributed by atoms with Crippen LogP contribution in [0, 0.1) is 0 Å². The van der Waals surface area contributed by atoms with Gasteiger partial charge in [0.05, 0.1) is 0 Å². The van der Waals surface area contributed by atoms with E-state index in [4.69, 9.17) is 0 Å². The molecule has 0 N–H and O–H groups in total. The van der Waals surface area contributed by atoms with E-state index < -0.39 is 0 Å². The molecule has 0 aromatic heterocycles. The van der Waals surface area contributed by atoms with Crippen LogP contribution in [0.5, 0.6) is 0 Å². The number of hydrogen-bond donors (Lipinski definition) is 0. The maximum Gasteiger partial charge on any atom is -0.0285 e. The Labute approximate surface area is 88.7 Å². The summed E-state index contributed by atoms with van der Waals surface area (Å²) < 4.78 is 0. The van der Waals surface area contributed by atoms with Crippen LogP contribution in [0.4, 0.5) is 0 Å². The van der Waals surface area contributed by atoms with E-state index in [1.54, 1.807) is 0 Å². The van der Waals surface area contributed by atoms with E-state index in [9.17, 15) is 0 Å². The zero-order valence-electron chi connectivity index (χ0n) is 9.93. The van der Waals surface area contributed by atoms with E-state index in [0.717, 1.165) is 12.8 Å². The van der Waals surface area contributed by atoms with Crippen molar-refractivity contribution in [2.45, 2.75) is 40.5 Å². The van der Waals surface area contributed by atoms with Crippen molar-refractivity contribution >= 4 is 0 Å². The first kappa shape index (κ1) is 13.0. The van der Waals surface area contributed by atoms with Gasteiger partial charge in [-0.3, -0.25) is 0 Å². The van der Waals surface area contributed by atoms with E-state index in [-0.39, 0.29) is 0 Å². The van der Waals surface area contributed by atoms with Gasteiger partial charge in [0.2, 0.25) is 0 Å². The van der Waals surface area contributed by atoms with E-state index in [1.807, 2.05) is 6.08 Å². The lowest BCUT2D eigenvalue weighted by atomic mass is 10.1. The molecule has 0 unspecified atom stereocenters. The highest BCUT2D eigenvalue weighted by molar-refractivity contribution is 5.22. The first-order valence-corrected chi connectivity index (χ1v) is 5.16. The van der Waals surface area contributed by atoms with Crippen molar-refractivity contribution in [3.8, 4) is 0 Å². The van der Waals surface area contributed by atoms with Crippen molar-refractivity contribution in [1.29, 1.82) is 0 Å². The quantitative estimate of drug-likeness (QED) is 0.431. The molecule has 0 aliphatic carbocycles. The number of rotatable bonds is 5. The molecular formula is C14H22. The number of hydrogen-bond acceptors (Lipinski definition) is 0. The molecule has 0 saturated carbocycles. The zero-order valence-corrected chi connectivity index (χ0v) is 9.93. The minimum Gasteiger partial charge on any atom is -0.0988 e. The maximum atomic E-state index is 3.72. The Balaban J connectivity index is 4.02. The van der Waals surface area contributed by atoms with E-state index in [1.165, 1.54) is 16.7 Å². The van der Waals surface area contributed by atoms with E-state index >= 15 is 0 Å². The predicted octanol–water partition coefficient (Wildman–Crippen LogP) is 4.81.